The minimum atomic E-state index is -3.34. The standard InChI is InChI=1S/C16H18N4O3S3/c1-4-7-24-16-19-18-15(25-16)17-14(21)11-5-6-13-12(9-11)8-10(2)20(13)26(3,22)23/h4-6,9-10H,1,7-8H2,2-3H3,(H,17,18,21)/t10-/m0/s1. The summed E-state index contributed by atoms with van der Waals surface area (Å²) in [4.78, 5) is 12.5. The van der Waals surface area contributed by atoms with E-state index < -0.39 is 10.0 Å². The van der Waals surface area contributed by atoms with E-state index in [1.165, 1.54) is 33.7 Å². The second kappa shape index (κ2) is 7.37. The summed E-state index contributed by atoms with van der Waals surface area (Å²) >= 11 is 2.80. The van der Waals surface area contributed by atoms with E-state index in [0.717, 1.165) is 15.7 Å². The summed E-state index contributed by atoms with van der Waals surface area (Å²) in [7, 11) is -3.34. The van der Waals surface area contributed by atoms with E-state index in [1.54, 1.807) is 24.3 Å². The molecule has 0 saturated heterocycles. The number of benzene rings is 1. The van der Waals surface area contributed by atoms with Gasteiger partial charge in [-0.15, -0.1) is 16.8 Å². The molecular formula is C16H18N4O3S3. The van der Waals surface area contributed by atoms with Gasteiger partial charge in [-0.25, -0.2) is 8.42 Å². The molecule has 0 fully saturated rings. The second-order valence-corrected chi connectivity index (χ2v) is 9.99. The Kier molecular flexibility index (Phi) is 5.35. The average Bonchev–Trinajstić information content (AvgIpc) is 3.14. The van der Waals surface area contributed by atoms with Gasteiger partial charge >= 0.3 is 0 Å². The topological polar surface area (TPSA) is 92.3 Å². The highest BCUT2D eigenvalue weighted by Gasteiger charge is 2.32. The zero-order chi connectivity index (χ0) is 18.9. The van der Waals surface area contributed by atoms with Crippen molar-refractivity contribution < 1.29 is 13.2 Å². The van der Waals surface area contributed by atoms with Crippen molar-refractivity contribution in [2.24, 2.45) is 0 Å². The first-order valence-corrected chi connectivity index (χ1v) is 11.5. The van der Waals surface area contributed by atoms with E-state index in [0.29, 0.717) is 22.8 Å². The molecule has 7 nitrogen and oxygen atoms in total. The highest BCUT2D eigenvalue weighted by atomic mass is 32.2. The maximum atomic E-state index is 12.5. The van der Waals surface area contributed by atoms with Gasteiger partial charge in [-0.1, -0.05) is 29.2 Å². The number of hydrogen-bond acceptors (Lipinski definition) is 7. The third kappa shape index (κ3) is 3.92. The molecule has 1 aliphatic rings. The largest absolute Gasteiger partial charge is 0.296 e. The molecule has 0 spiro atoms. The summed E-state index contributed by atoms with van der Waals surface area (Å²) in [5, 5.41) is 11.1. The molecule has 10 heteroatoms. The van der Waals surface area contributed by atoms with Gasteiger partial charge in [-0.3, -0.25) is 14.4 Å². The summed E-state index contributed by atoms with van der Waals surface area (Å²) in [6.45, 7) is 5.50. The number of rotatable bonds is 6. The predicted molar refractivity (Wildman–Crippen MR) is 106 cm³/mol. The lowest BCUT2D eigenvalue weighted by Crippen LogP contribution is -2.34. The third-order valence-corrected chi connectivity index (χ3v) is 7.04. The second-order valence-electron chi connectivity index (χ2n) is 5.88. The summed E-state index contributed by atoms with van der Waals surface area (Å²) in [6, 6.07) is 4.88. The number of carbonyl (C=O) groups is 1. The Morgan fingerprint density at radius 3 is 2.96 bits per heavy atom. The van der Waals surface area contributed by atoms with Gasteiger partial charge in [0.25, 0.3) is 5.91 Å². The number of amides is 1. The number of nitrogens with zero attached hydrogens (tertiary/aromatic N) is 3. The summed E-state index contributed by atoms with van der Waals surface area (Å²) < 4.78 is 26.1. The smallest absolute Gasteiger partial charge is 0.257 e. The molecule has 0 radical (unpaired) electrons. The molecule has 0 unspecified atom stereocenters. The van der Waals surface area contributed by atoms with Gasteiger partial charge in [0, 0.05) is 17.4 Å². The van der Waals surface area contributed by atoms with Gasteiger partial charge in [0.2, 0.25) is 15.2 Å². The van der Waals surface area contributed by atoms with Crippen molar-refractivity contribution in [2.45, 2.75) is 23.7 Å². The van der Waals surface area contributed by atoms with Crippen molar-refractivity contribution in [1.29, 1.82) is 0 Å². The van der Waals surface area contributed by atoms with Crippen LogP contribution in [0.25, 0.3) is 0 Å². The zero-order valence-corrected chi connectivity index (χ0v) is 16.7. The highest BCUT2D eigenvalue weighted by molar-refractivity contribution is 8.01. The van der Waals surface area contributed by atoms with Crippen LogP contribution >= 0.6 is 23.1 Å². The van der Waals surface area contributed by atoms with Gasteiger partial charge < -0.3 is 0 Å². The van der Waals surface area contributed by atoms with Gasteiger partial charge in [0.05, 0.1) is 11.9 Å². The van der Waals surface area contributed by atoms with Crippen molar-refractivity contribution in [3.63, 3.8) is 0 Å². The maximum absolute atomic E-state index is 12.5. The van der Waals surface area contributed by atoms with Crippen LogP contribution in [0.2, 0.25) is 0 Å². The summed E-state index contributed by atoms with van der Waals surface area (Å²) in [6.07, 6.45) is 3.54. The Labute approximate surface area is 160 Å². The number of carbonyl (C=O) groups excluding carboxylic acids is 1. The molecule has 0 saturated carbocycles. The molecule has 3 rings (SSSR count). The van der Waals surface area contributed by atoms with Crippen molar-refractivity contribution >= 4 is 49.8 Å². The third-order valence-electron chi connectivity index (χ3n) is 3.80. The first-order chi connectivity index (χ1) is 12.3. The van der Waals surface area contributed by atoms with E-state index in [1.807, 2.05) is 6.92 Å². The van der Waals surface area contributed by atoms with Crippen molar-refractivity contribution in [2.75, 3.05) is 21.6 Å². The molecule has 1 aliphatic heterocycles. The predicted octanol–water partition coefficient (Wildman–Crippen LogP) is 2.78. The van der Waals surface area contributed by atoms with Crippen molar-refractivity contribution in [1.82, 2.24) is 10.2 Å². The van der Waals surface area contributed by atoms with Gasteiger partial charge in [-0.05, 0) is 37.1 Å². The van der Waals surface area contributed by atoms with E-state index in [9.17, 15) is 13.2 Å². The first kappa shape index (κ1) is 18.9. The fraction of sp³-hybridized carbons (Fsp3) is 0.312. The zero-order valence-electron chi connectivity index (χ0n) is 14.3. The van der Waals surface area contributed by atoms with E-state index in [2.05, 4.69) is 22.1 Å². The highest BCUT2D eigenvalue weighted by Crippen LogP contribution is 2.35. The fourth-order valence-electron chi connectivity index (χ4n) is 2.87. The van der Waals surface area contributed by atoms with Crippen LogP contribution in [0.5, 0.6) is 0 Å². The van der Waals surface area contributed by atoms with E-state index in [4.69, 9.17) is 0 Å². The van der Waals surface area contributed by atoms with Crippen LogP contribution in [0.4, 0.5) is 10.8 Å². The summed E-state index contributed by atoms with van der Waals surface area (Å²) in [5.74, 6) is 0.428. The molecule has 2 aromatic rings. The Morgan fingerprint density at radius 2 is 2.27 bits per heavy atom. The van der Waals surface area contributed by atoms with E-state index >= 15 is 0 Å². The lowest BCUT2D eigenvalue weighted by atomic mass is 10.1. The quantitative estimate of drug-likeness (QED) is 0.447. The molecule has 138 valence electrons. The Bertz CT molecular complexity index is 955. The van der Waals surface area contributed by atoms with Gasteiger partial charge in [0.15, 0.2) is 4.34 Å². The molecule has 1 atom stereocenters. The molecule has 1 aromatic carbocycles. The summed E-state index contributed by atoms with van der Waals surface area (Å²) in [5.41, 5.74) is 1.94. The molecule has 26 heavy (non-hydrogen) atoms. The number of nitrogens with one attached hydrogen (secondary N) is 1. The number of aromatic nitrogens is 2. The van der Waals surface area contributed by atoms with Gasteiger partial charge in [-0.2, -0.15) is 0 Å². The lowest BCUT2D eigenvalue weighted by Gasteiger charge is -2.21. The lowest BCUT2D eigenvalue weighted by molar-refractivity contribution is 0.102. The Hall–Kier alpha value is -1.91. The fourth-order valence-corrected chi connectivity index (χ4v) is 5.64. The van der Waals surface area contributed by atoms with Gasteiger partial charge in [0.1, 0.15) is 0 Å². The van der Waals surface area contributed by atoms with E-state index in [-0.39, 0.29) is 11.9 Å². The van der Waals surface area contributed by atoms with Crippen LogP contribution in [0, 0.1) is 0 Å². The minimum absolute atomic E-state index is 0.161. The molecule has 2 heterocycles. The maximum Gasteiger partial charge on any atom is 0.257 e. The van der Waals surface area contributed by atoms with Crippen LogP contribution in [-0.4, -0.2) is 42.6 Å². The minimum Gasteiger partial charge on any atom is -0.296 e. The van der Waals surface area contributed by atoms with Crippen molar-refractivity contribution in [3.8, 4) is 0 Å². The first-order valence-electron chi connectivity index (χ1n) is 7.80. The molecule has 1 N–H and O–H groups in total. The number of thioether (sulfide) groups is 1. The molecule has 1 amide bonds. The SMILES string of the molecule is C=CCSc1nnc(NC(=O)c2ccc3c(c2)C[C@H](C)N3S(C)(=O)=O)s1. The number of hydrogen-bond donors (Lipinski definition) is 1. The molecular weight excluding hydrogens is 392 g/mol. The number of sulfonamides is 1. The average molecular weight is 411 g/mol. The van der Waals surface area contributed by atoms with Crippen LogP contribution < -0.4 is 9.62 Å². The van der Waals surface area contributed by atoms with Crippen LogP contribution in [0.3, 0.4) is 0 Å². The molecule has 1 aromatic heterocycles. The molecule has 0 aliphatic carbocycles. The Balaban J connectivity index is 1.77. The molecule has 0 bridgehead atoms. The normalized spacial score (nSPS) is 16.4. The van der Waals surface area contributed by atoms with Crippen LogP contribution in [0.15, 0.2) is 35.2 Å². The van der Waals surface area contributed by atoms with Crippen LogP contribution in [-0.2, 0) is 16.4 Å². The number of anilines is 2. The van der Waals surface area contributed by atoms with Crippen LogP contribution in [0.1, 0.15) is 22.8 Å². The monoisotopic (exact) mass is 410 g/mol. The Morgan fingerprint density at radius 1 is 1.50 bits per heavy atom. The number of fused-ring (bicyclic) bond motifs is 1. The van der Waals surface area contributed by atoms with Crippen molar-refractivity contribution in [3.05, 3.63) is 42.0 Å².